The topological polar surface area (TPSA) is 21.7 Å². The normalized spacial score (nSPS) is 11.0. The minimum absolute atomic E-state index is 1.03. The van der Waals surface area contributed by atoms with Gasteiger partial charge in [-0.3, -0.25) is 4.98 Å². The van der Waals surface area contributed by atoms with Crippen LogP contribution in [0.25, 0.3) is 27.9 Å². The monoisotopic (exact) mass is 354 g/mol. The van der Waals surface area contributed by atoms with E-state index in [0.717, 1.165) is 11.4 Å². The van der Waals surface area contributed by atoms with Gasteiger partial charge in [-0.15, -0.1) is 9.36 Å². The number of hydrogen-bond donors (Lipinski definition) is 0. The number of pyridine rings is 1. The first-order valence-electron chi connectivity index (χ1n) is 9.22. The van der Waals surface area contributed by atoms with Crippen LogP contribution in [0.4, 0.5) is 0 Å². The molecule has 3 heteroatoms. The van der Waals surface area contributed by atoms with Crippen molar-refractivity contribution in [2.45, 2.75) is 20.8 Å². The quantitative estimate of drug-likeness (QED) is 0.477. The highest BCUT2D eigenvalue weighted by atomic mass is 15.4. The van der Waals surface area contributed by atoms with E-state index in [4.69, 9.17) is 0 Å². The molecule has 0 saturated carbocycles. The molecule has 4 aromatic rings. The molecule has 0 aliphatic carbocycles. The van der Waals surface area contributed by atoms with E-state index in [1.54, 1.807) is 0 Å². The second kappa shape index (κ2) is 6.84. The van der Waals surface area contributed by atoms with Crippen LogP contribution >= 0.6 is 0 Å². The molecule has 4 rings (SSSR count). The summed E-state index contributed by atoms with van der Waals surface area (Å²) in [6.45, 7) is 6.37. The Hall–Kier alpha value is -3.20. The summed E-state index contributed by atoms with van der Waals surface area (Å²) in [6, 6.07) is 19.2. The van der Waals surface area contributed by atoms with Gasteiger partial charge in [-0.05, 0) is 49.1 Å². The highest BCUT2D eigenvalue weighted by molar-refractivity contribution is 5.85. The van der Waals surface area contributed by atoms with Crippen molar-refractivity contribution in [3.05, 3.63) is 90.0 Å². The minimum Gasteiger partial charge on any atom is -0.259 e. The number of aryl methyl sites for hydroxylation is 4. The molecule has 27 heavy (non-hydrogen) atoms. The van der Waals surface area contributed by atoms with Crippen molar-refractivity contribution in [1.29, 1.82) is 0 Å². The number of nitrogens with zero attached hydrogens (tertiary/aromatic N) is 3. The summed E-state index contributed by atoms with van der Waals surface area (Å²) in [5, 5.41) is 0. The summed E-state index contributed by atoms with van der Waals surface area (Å²) in [5.74, 6) is 0. The fourth-order valence-electron chi connectivity index (χ4n) is 3.81. The van der Waals surface area contributed by atoms with Gasteiger partial charge in [0.2, 0.25) is 6.20 Å². The first-order valence-corrected chi connectivity index (χ1v) is 9.22. The third-order valence-electron chi connectivity index (χ3n) is 5.11. The second-order valence-corrected chi connectivity index (χ2v) is 7.06. The Labute approximate surface area is 160 Å². The fourth-order valence-corrected chi connectivity index (χ4v) is 3.81. The third kappa shape index (κ3) is 3.06. The molecule has 0 fully saturated rings. The Morgan fingerprint density at radius 2 is 1.59 bits per heavy atom. The molecule has 0 N–H and O–H groups in total. The van der Waals surface area contributed by atoms with Crippen LogP contribution in [0.3, 0.4) is 0 Å². The molecule has 2 heterocycles. The molecule has 0 bridgehead atoms. The van der Waals surface area contributed by atoms with Crippen LogP contribution in [-0.2, 0) is 7.05 Å². The van der Waals surface area contributed by atoms with Gasteiger partial charge < -0.3 is 0 Å². The van der Waals surface area contributed by atoms with Crippen LogP contribution in [0.2, 0.25) is 0 Å². The molecule has 0 amide bonds. The zero-order valence-corrected chi connectivity index (χ0v) is 16.3. The summed E-state index contributed by atoms with van der Waals surface area (Å²) in [7, 11) is 2.08. The Morgan fingerprint density at radius 1 is 0.815 bits per heavy atom. The number of hydrogen-bond acceptors (Lipinski definition) is 1. The lowest BCUT2D eigenvalue weighted by molar-refractivity contribution is -0.744. The fraction of sp³-hybridized carbons (Fsp3) is 0.167. The van der Waals surface area contributed by atoms with Crippen LogP contribution in [0.5, 0.6) is 0 Å². The molecule has 2 aromatic heterocycles. The summed E-state index contributed by atoms with van der Waals surface area (Å²) in [4.78, 5) is 4.49. The smallest absolute Gasteiger partial charge is 0.203 e. The highest BCUT2D eigenvalue weighted by Crippen LogP contribution is 2.34. The van der Waals surface area contributed by atoms with Gasteiger partial charge in [0.05, 0.1) is 17.5 Å². The zero-order valence-electron chi connectivity index (χ0n) is 16.3. The predicted molar refractivity (Wildman–Crippen MR) is 110 cm³/mol. The molecule has 0 spiro atoms. The first kappa shape index (κ1) is 17.2. The number of aromatic nitrogens is 3. The Morgan fingerprint density at radius 3 is 2.33 bits per heavy atom. The maximum Gasteiger partial charge on any atom is 0.203 e. The van der Waals surface area contributed by atoms with E-state index >= 15 is 0 Å². The SMILES string of the molecule is Cc1cccc(-c2ccccc2)c1-c1cn(-c2c(C)ccnc2C)[n+](C)c1. The van der Waals surface area contributed by atoms with Gasteiger partial charge in [-0.1, -0.05) is 48.5 Å². The lowest BCUT2D eigenvalue weighted by Crippen LogP contribution is -2.37. The van der Waals surface area contributed by atoms with Crippen LogP contribution in [-0.4, -0.2) is 9.67 Å². The van der Waals surface area contributed by atoms with Gasteiger partial charge in [0.25, 0.3) is 0 Å². The lowest BCUT2D eigenvalue weighted by Gasteiger charge is -2.10. The molecule has 0 aliphatic heterocycles. The summed E-state index contributed by atoms with van der Waals surface area (Å²) in [5.41, 5.74) is 9.63. The molecule has 2 aromatic carbocycles. The molecule has 3 nitrogen and oxygen atoms in total. The molecule has 0 radical (unpaired) electrons. The van der Waals surface area contributed by atoms with Gasteiger partial charge in [0, 0.05) is 11.8 Å². The average molecular weight is 354 g/mol. The maximum atomic E-state index is 4.49. The molecule has 0 saturated heterocycles. The molecule has 134 valence electrons. The Balaban J connectivity index is 1.92. The van der Waals surface area contributed by atoms with E-state index in [0.29, 0.717) is 0 Å². The van der Waals surface area contributed by atoms with E-state index in [2.05, 4.69) is 109 Å². The maximum absolute atomic E-state index is 4.49. The average Bonchev–Trinajstić information content (AvgIpc) is 3.03. The van der Waals surface area contributed by atoms with Crippen molar-refractivity contribution in [3.8, 4) is 27.9 Å². The largest absolute Gasteiger partial charge is 0.259 e. The van der Waals surface area contributed by atoms with Crippen molar-refractivity contribution < 1.29 is 4.68 Å². The summed E-state index contributed by atoms with van der Waals surface area (Å²) in [6.07, 6.45) is 6.28. The summed E-state index contributed by atoms with van der Waals surface area (Å²) < 4.78 is 4.32. The van der Waals surface area contributed by atoms with Crippen molar-refractivity contribution in [2.24, 2.45) is 7.05 Å². The van der Waals surface area contributed by atoms with Gasteiger partial charge in [-0.2, -0.15) is 0 Å². The number of benzene rings is 2. The Bertz CT molecular complexity index is 1090. The van der Waals surface area contributed by atoms with Crippen molar-refractivity contribution >= 4 is 0 Å². The van der Waals surface area contributed by atoms with Gasteiger partial charge >= 0.3 is 0 Å². The van der Waals surface area contributed by atoms with Crippen molar-refractivity contribution in [1.82, 2.24) is 9.67 Å². The van der Waals surface area contributed by atoms with Gasteiger partial charge in [-0.25, -0.2) is 0 Å². The van der Waals surface area contributed by atoms with Crippen LogP contribution in [0.1, 0.15) is 16.8 Å². The predicted octanol–water partition coefficient (Wildman–Crippen LogP) is 4.96. The lowest BCUT2D eigenvalue weighted by atomic mass is 9.92. The van der Waals surface area contributed by atoms with Crippen LogP contribution in [0, 0.1) is 20.8 Å². The van der Waals surface area contributed by atoms with E-state index < -0.39 is 0 Å². The van der Waals surface area contributed by atoms with Crippen LogP contribution < -0.4 is 4.68 Å². The number of rotatable bonds is 3. The van der Waals surface area contributed by atoms with Crippen molar-refractivity contribution in [2.75, 3.05) is 0 Å². The molecular formula is C24H24N3+. The molecule has 0 unspecified atom stereocenters. The molecular weight excluding hydrogens is 330 g/mol. The second-order valence-electron chi connectivity index (χ2n) is 7.06. The first-order chi connectivity index (χ1) is 13.1. The van der Waals surface area contributed by atoms with E-state index in [9.17, 15) is 0 Å². The van der Waals surface area contributed by atoms with E-state index in [1.165, 1.54) is 33.4 Å². The minimum atomic E-state index is 1.03. The Kier molecular flexibility index (Phi) is 4.36. The van der Waals surface area contributed by atoms with Gasteiger partial charge in [0.1, 0.15) is 5.69 Å². The standard InChI is InChI=1S/C24H24N3/c1-17-9-8-12-22(20-10-6-5-7-11-20)23(17)21-15-26(4)27(16-21)24-18(2)13-14-25-19(24)3/h5-16H,1-4H3/q+1. The van der Waals surface area contributed by atoms with E-state index in [-0.39, 0.29) is 0 Å². The summed E-state index contributed by atoms with van der Waals surface area (Å²) >= 11 is 0. The van der Waals surface area contributed by atoms with Crippen LogP contribution in [0.15, 0.2) is 73.2 Å². The third-order valence-corrected chi connectivity index (χ3v) is 5.11. The molecule has 0 atom stereocenters. The van der Waals surface area contributed by atoms with E-state index in [1.807, 2.05) is 6.20 Å². The highest BCUT2D eigenvalue weighted by Gasteiger charge is 2.20. The van der Waals surface area contributed by atoms with Crippen molar-refractivity contribution in [3.63, 3.8) is 0 Å². The zero-order chi connectivity index (χ0) is 19.0. The molecule has 0 aliphatic rings. The van der Waals surface area contributed by atoms with Gasteiger partial charge in [0.15, 0.2) is 7.05 Å².